The average molecular weight is 254 g/mol. The van der Waals surface area contributed by atoms with E-state index in [1.54, 1.807) is 0 Å². The molecule has 18 heavy (non-hydrogen) atoms. The van der Waals surface area contributed by atoms with Crippen LogP contribution in [0.4, 0.5) is 0 Å². The maximum Gasteiger partial charge on any atom is 0.243 e. The Labute approximate surface area is 111 Å². The number of carbonyl (C=O) groups excluding carboxylic acids is 2. The Morgan fingerprint density at radius 3 is 1.44 bits per heavy atom. The van der Waals surface area contributed by atoms with E-state index in [9.17, 15) is 9.59 Å². The molecule has 2 amide bonds. The van der Waals surface area contributed by atoms with Gasteiger partial charge in [0.05, 0.1) is 0 Å². The van der Waals surface area contributed by atoms with E-state index in [1.807, 2.05) is 0 Å². The molecular formula is C14H26N2O2. The first-order valence-electron chi connectivity index (χ1n) is 6.42. The minimum Gasteiger partial charge on any atom is -0.353 e. The van der Waals surface area contributed by atoms with Crippen LogP contribution in [0, 0.1) is 0 Å². The van der Waals surface area contributed by atoms with Crippen molar-refractivity contribution >= 4 is 11.8 Å². The van der Waals surface area contributed by atoms with Crippen molar-refractivity contribution in [3.63, 3.8) is 0 Å². The average Bonchev–Trinajstić information content (AvgIpc) is 2.39. The summed E-state index contributed by atoms with van der Waals surface area (Å²) >= 11 is 0. The van der Waals surface area contributed by atoms with Crippen LogP contribution in [0.25, 0.3) is 0 Å². The summed E-state index contributed by atoms with van der Waals surface area (Å²) in [6.45, 7) is 12.4. The van der Waals surface area contributed by atoms with Gasteiger partial charge >= 0.3 is 0 Å². The van der Waals surface area contributed by atoms with E-state index < -0.39 is 0 Å². The van der Waals surface area contributed by atoms with Crippen LogP contribution in [0.3, 0.4) is 0 Å². The molecule has 0 saturated carbocycles. The molecule has 0 unspecified atom stereocenters. The number of hydrogen-bond acceptors (Lipinski definition) is 2. The van der Waals surface area contributed by atoms with E-state index in [0.717, 1.165) is 38.8 Å². The van der Waals surface area contributed by atoms with Crippen LogP contribution in [-0.4, -0.2) is 24.9 Å². The van der Waals surface area contributed by atoms with Gasteiger partial charge in [0.15, 0.2) is 0 Å². The number of amides is 2. The molecule has 0 bridgehead atoms. The van der Waals surface area contributed by atoms with E-state index in [-0.39, 0.29) is 11.8 Å². The second-order valence-corrected chi connectivity index (χ2v) is 3.70. The molecule has 0 aromatic rings. The number of hydrogen-bond donors (Lipinski definition) is 2. The molecule has 4 nitrogen and oxygen atoms in total. The molecule has 0 aromatic carbocycles. The van der Waals surface area contributed by atoms with Gasteiger partial charge in [0.2, 0.25) is 11.8 Å². The van der Waals surface area contributed by atoms with Gasteiger partial charge in [0.1, 0.15) is 0 Å². The van der Waals surface area contributed by atoms with Gasteiger partial charge in [-0.2, -0.15) is 0 Å². The maximum atomic E-state index is 10.5. The molecular weight excluding hydrogens is 228 g/mol. The summed E-state index contributed by atoms with van der Waals surface area (Å²) in [5.74, 6) is -0.160. The Morgan fingerprint density at radius 1 is 0.889 bits per heavy atom. The normalized spacial score (nSPS) is 8.56. The monoisotopic (exact) mass is 254 g/mol. The second kappa shape index (κ2) is 15.4. The van der Waals surface area contributed by atoms with E-state index in [0.29, 0.717) is 0 Å². The summed E-state index contributed by atoms with van der Waals surface area (Å²) in [6.07, 6.45) is 6.87. The lowest BCUT2D eigenvalue weighted by atomic mass is 10.3. The first-order valence-corrected chi connectivity index (χ1v) is 6.42. The number of nitrogens with one attached hydrogen (secondary N) is 2. The highest BCUT2D eigenvalue weighted by Crippen LogP contribution is 1.82. The summed E-state index contributed by atoms with van der Waals surface area (Å²) in [7, 11) is 0. The van der Waals surface area contributed by atoms with Gasteiger partial charge in [-0.25, -0.2) is 0 Å². The fourth-order valence-corrected chi connectivity index (χ4v) is 0.921. The van der Waals surface area contributed by atoms with E-state index in [4.69, 9.17) is 0 Å². The van der Waals surface area contributed by atoms with Crippen molar-refractivity contribution in [2.45, 2.75) is 39.5 Å². The summed E-state index contributed by atoms with van der Waals surface area (Å²) < 4.78 is 0. The van der Waals surface area contributed by atoms with Gasteiger partial charge in [-0.05, 0) is 25.0 Å². The maximum absolute atomic E-state index is 10.5. The molecule has 0 aromatic heterocycles. The Kier molecular flexibility index (Phi) is 16.1. The smallest absolute Gasteiger partial charge is 0.243 e. The predicted octanol–water partition coefficient (Wildman–Crippen LogP) is 2.18. The summed E-state index contributed by atoms with van der Waals surface area (Å²) in [4.78, 5) is 20.9. The lowest BCUT2D eigenvalue weighted by molar-refractivity contribution is -0.117. The zero-order chi connectivity index (χ0) is 14.2. The first-order chi connectivity index (χ1) is 8.62. The van der Waals surface area contributed by atoms with E-state index in [2.05, 4.69) is 37.6 Å². The fourth-order valence-electron chi connectivity index (χ4n) is 0.921. The Hall–Kier alpha value is -1.58. The van der Waals surface area contributed by atoms with Crippen LogP contribution in [0.2, 0.25) is 0 Å². The molecule has 2 N–H and O–H groups in total. The van der Waals surface area contributed by atoms with Crippen LogP contribution >= 0.6 is 0 Å². The van der Waals surface area contributed by atoms with Crippen molar-refractivity contribution in [3.05, 3.63) is 25.3 Å². The van der Waals surface area contributed by atoms with E-state index in [1.165, 1.54) is 12.2 Å². The topological polar surface area (TPSA) is 58.2 Å². The van der Waals surface area contributed by atoms with Crippen molar-refractivity contribution in [1.82, 2.24) is 10.6 Å². The van der Waals surface area contributed by atoms with Crippen LogP contribution < -0.4 is 10.6 Å². The lowest BCUT2D eigenvalue weighted by Crippen LogP contribution is -2.21. The van der Waals surface area contributed by atoms with Crippen molar-refractivity contribution in [1.29, 1.82) is 0 Å². The highest BCUT2D eigenvalue weighted by Gasteiger charge is 1.89. The number of unbranched alkanes of at least 4 members (excludes halogenated alkanes) is 2. The standard InChI is InChI=1S/2C7H13NO/c2*1-3-5-6-8-7(9)4-2/h2*4H,2-3,5-6H2,1H3,(H,8,9). The minimum absolute atomic E-state index is 0.0801. The third kappa shape index (κ3) is 16.8. The number of rotatable bonds is 8. The molecule has 0 heterocycles. The van der Waals surface area contributed by atoms with Gasteiger partial charge in [0, 0.05) is 13.1 Å². The molecule has 0 rings (SSSR count). The number of carbonyl (C=O) groups is 2. The lowest BCUT2D eigenvalue weighted by Gasteiger charge is -1.97. The molecule has 0 atom stereocenters. The molecule has 4 heteroatoms. The molecule has 104 valence electrons. The van der Waals surface area contributed by atoms with Gasteiger partial charge in [-0.15, -0.1) is 0 Å². The largest absolute Gasteiger partial charge is 0.353 e. The first kappa shape index (κ1) is 18.8. The molecule has 0 saturated heterocycles. The molecule has 0 aliphatic carbocycles. The van der Waals surface area contributed by atoms with Gasteiger partial charge in [-0.1, -0.05) is 39.8 Å². The highest BCUT2D eigenvalue weighted by molar-refractivity contribution is 5.87. The Bertz CT molecular complexity index is 224. The van der Waals surface area contributed by atoms with Crippen molar-refractivity contribution in [2.75, 3.05) is 13.1 Å². The van der Waals surface area contributed by atoms with Crippen molar-refractivity contribution in [3.8, 4) is 0 Å². The third-order valence-corrected chi connectivity index (χ3v) is 2.03. The minimum atomic E-state index is -0.0801. The van der Waals surface area contributed by atoms with E-state index >= 15 is 0 Å². The van der Waals surface area contributed by atoms with Crippen LogP contribution in [0.5, 0.6) is 0 Å². The summed E-state index contributed by atoms with van der Waals surface area (Å²) in [5.41, 5.74) is 0. The zero-order valence-electron chi connectivity index (χ0n) is 11.6. The zero-order valence-corrected chi connectivity index (χ0v) is 11.6. The van der Waals surface area contributed by atoms with Gasteiger partial charge in [-0.3, -0.25) is 9.59 Å². The van der Waals surface area contributed by atoms with Gasteiger partial charge < -0.3 is 10.6 Å². The van der Waals surface area contributed by atoms with Crippen LogP contribution in [0.15, 0.2) is 25.3 Å². The highest BCUT2D eigenvalue weighted by atomic mass is 16.2. The molecule has 0 aliphatic heterocycles. The van der Waals surface area contributed by atoms with Gasteiger partial charge in [0.25, 0.3) is 0 Å². The third-order valence-electron chi connectivity index (χ3n) is 2.03. The van der Waals surface area contributed by atoms with Crippen LogP contribution in [0.1, 0.15) is 39.5 Å². The SMILES string of the molecule is C=CC(=O)NCCCC.C=CC(=O)NCCCC. The fraction of sp³-hybridized carbons (Fsp3) is 0.571. The van der Waals surface area contributed by atoms with Crippen molar-refractivity contribution in [2.24, 2.45) is 0 Å². The summed E-state index contributed by atoms with van der Waals surface area (Å²) in [5, 5.41) is 5.35. The molecule has 0 fully saturated rings. The quantitative estimate of drug-likeness (QED) is 0.515. The second-order valence-electron chi connectivity index (χ2n) is 3.70. The predicted molar refractivity (Wildman–Crippen MR) is 76.2 cm³/mol. The Balaban J connectivity index is 0. The molecule has 0 radical (unpaired) electrons. The van der Waals surface area contributed by atoms with Crippen LogP contribution in [-0.2, 0) is 9.59 Å². The molecule has 0 aliphatic rings. The summed E-state index contributed by atoms with van der Waals surface area (Å²) in [6, 6.07) is 0. The van der Waals surface area contributed by atoms with Crippen molar-refractivity contribution < 1.29 is 9.59 Å². The molecule has 0 spiro atoms. The Morgan fingerprint density at radius 2 is 1.22 bits per heavy atom.